The van der Waals surface area contributed by atoms with Gasteiger partial charge in [0.25, 0.3) is 5.91 Å². The Labute approximate surface area is 179 Å². The molecule has 0 radical (unpaired) electrons. The molecule has 1 aromatic heterocycles. The first-order chi connectivity index (χ1) is 15.2. The number of hydrogen-bond donors (Lipinski definition) is 0. The van der Waals surface area contributed by atoms with Crippen LogP contribution in [0.3, 0.4) is 0 Å². The van der Waals surface area contributed by atoms with E-state index in [0.29, 0.717) is 23.2 Å². The van der Waals surface area contributed by atoms with Gasteiger partial charge in [-0.1, -0.05) is 60.7 Å². The summed E-state index contributed by atoms with van der Waals surface area (Å²) in [6, 6.07) is 25.0. The van der Waals surface area contributed by atoms with Crippen molar-refractivity contribution in [1.82, 2.24) is 9.55 Å². The fourth-order valence-electron chi connectivity index (χ4n) is 3.90. The van der Waals surface area contributed by atoms with Crippen LogP contribution in [0.2, 0.25) is 0 Å². The van der Waals surface area contributed by atoms with Gasteiger partial charge in [-0.3, -0.25) is 9.59 Å². The summed E-state index contributed by atoms with van der Waals surface area (Å²) in [6.07, 6.45) is 3.50. The van der Waals surface area contributed by atoms with Gasteiger partial charge in [-0.05, 0) is 34.9 Å². The summed E-state index contributed by atoms with van der Waals surface area (Å²) in [6.45, 7) is 0.568. The van der Waals surface area contributed by atoms with Crippen molar-refractivity contribution in [3.63, 3.8) is 0 Å². The summed E-state index contributed by atoms with van der Waals surface area (Å²) in [5.74, 6) is -0.285. The zero-order valence-corrected chi connectivity index (χ0v) is 16.7. The number of benzene rings is 3. The molecule has 150 valence electrons. The van der Waals surface area contributed by atoms with E-state index in [4.69, 9.17) is 0 Å². The van der Waals surface area contributed by atoms with E-state index in [1.807, 2.05) is 71.3 Å². The lowest BCUT2D eigenvalue weighted by molar-refractivity contribution is -0.117. The zero-order chi connectivity index (χ0) is 21.2. The Bertz CT molecular complexity index is 1400. The molecule has 0 saturated heterocycles. The Morgan fingerprint density at radius 3 is 2.45 bits per heavy atom. The molecule has 0 aliphatic carbocycles. The van der Waals surface area contributed by atoms with Crippen molar-refractivity contribution < 1.29 is 9.59 Å². The highest BCUT2D eigenvalue weighted by molar-refractivity contribution is 6.08. The maximum absolute atomic E-state index is 13.3. The van der Waals surface area contributed by atoms with Crippen LogP contribution in [0.1, 0.15) is 33.6 Å². The van der Waals surface area contributed by atoms with Gasteiger partial charge in [0, 0.05) is 17.3 Å². The molecule has 0 spiro atoms. The third-order valence-electron chi connectivity index (χ3n) is 5.42. The normalized spacial score (nSPS) is 12.9. The number of carbonyl (C=O) groups excluding carboxylic acids is 2. The fourth-order valence-corrected chi connectivity index (χ4v) is 3.90. The third-order valence-corrected chi connectivity index (χ3v) is 5.42. The largest absolute Gasteiger partial charge is 0.323 e. The summed E-state index contributed by atoms with van der Waals surface area (Å²) in [7, 11) is 0. The van der Waals surface area contributed by atoms with Crippen LogP contribution in [-0.2, 0) is 11.3 Å². The first kappa shape index (κ1) is 18.9. The highest BCUT2D eigenvalue weighted by Crippen LogP contribution is 2.17. The van der Waals surface area contributed by atoms with Crippen LogP contribution in [0.25, 0.3) is 5.57 Å². The first-order valence-electron chi connectivity index (χ1n) is 10.1. The van der Waals surface area contributed by atoms with Gasteiger partial charge < -0.3 is 4.57 Å². The number of carbonyl (C=O) groups is 2. The first-order valence-corrected chi connectivity index (χ1v) is 10.1. The molecular formula is C26H19N3O2. The lowest BCUT2D eigenvalue weighted by Crippen LogP contribution is -2.34. The van der Waals surface area contributed by atoms with E-state index in [-0.39, 0.29) is 18.1 Å². The molecule has 1 aliphatic rings. The predicted molar refractivity (Wildman–Crippen MR) is 117 cm³/mol. The van der Waals surface area contributed by atoms with Gasteiger partial charge in [-0.15, -0.1) is 0 Å². The van der Waals surface area contributed by atoms with E-state index in [9.17, 15) is 9.59 Å². The maximum atomic E-state index is 13.3. The smallest absolute Gasteiger partial charge is 0.250 e. The van der Waals surface area contributed by atoms with Crippen LogP contribution in [-0.4, -0.2) is 21.2 Å². The minimum absolute atomic E-state index is 0.111. The molecule has 0 unspecified atom stereocenters. The minimum Gasteiger partial charge on any atom is -0.323 e. The van der Waals surface area contributed by atoms with Crippen LogP contribution in [0.5, 0.6) is 0 Å². The lowest BCUT2D eigenvalue weighted by atomic mass is 9.95. The number of rotatable bonds is 5. The number of fused-ring (bicyclic) bond motifs is 1. The van der Waals surface area contributed by atoms with Crippen molar-refractivity contribution in [2.75, 3.05) is 0 Å². The van der Waals surface area contributed by atoms with Gasteiger partial charge in [-0.25, -0.2) is 9.98 Å². The van der Waals surface area contributed by atoms with Gasteiger partial charge in [0.05, 0.1) is 24.3 Å². The van der Waals surface area contributed by atoms with Crippen molar-refractivity contribution in [2.24, 2.45) is 4.99 Å². The average Bonchev–Trinajstić information content (AvgIpc) is 3.27. The van der Waals surface area contributed by atoms with E-state index in [1.54, 1.807) is 24.7 Å². The van der Waals surface area contributed by atoms with E-state index in [2.05, 4.69) is 9.98 Å². The molecular weight excluding hydrogens is 386 g/mol. The number of aromatic nitrogens is 2. The quantitative estimate of drug-likeness (QED) is 0.480. The number of amides is 1. The second-order valence-electron chi connectivity index (χ2n) is 7.48. The van der Waals surface area contributed by atoms with Gasteiger partial charge in [-0.2, -0.15) is 0 Å². The fraction of sp³-hybridized carbons (Fsp3) is 0.0769. The molecule has 3 aromatic carbocycles. The van der Waals surface area contributed by atoms with Crippen molar-refractivity contribution in [3.05, 3.63) is 124 Å². The van der Waals surface area contributed by atoms with E-state index >= 15 is 0 Å². The minimum atomic E-state index is -0.175. The molecule has 0 saturated carbocycles. The lowest BCUT2D eigenvalue weighted by Gasteiger charge is -2.12. The molecule has 0 N–H and O–H groups in total. The number of nitrogens with zero attached hydrogens (tertiary/aromatic N) is 3. The monoisotopic (exact) mass is 405 g/mol. The summed E-state index contributed by atoms with van der Waals surface area (Å²) in [5.41, 5.74) is 4.02. The Morgan fingerprint density at radius 1 is 0.935 bits per heavy atom. The standard InChI is InChI=1S/C26H19N3O2/c30-25-14-21(19-9-5-2-6-10-19)22-13-20(11-12-23(22)28-25)26(31)24-15-27-17-29(24)16-18-7-3-1-4-8-18/h1-13,15,17H,14,16H2. The second kappa shape index (κ2) is 7.95. The Morgan fingerprint density at radius 2 is 1.68 bits per heavy atom. The molecule has 0 atom stereocenters. The van der Waals surface area contributed by atoms with E-state index < -0.39 is 0 Å². The van der Waals surface area contributed by atoms with Crippen LogP contribution >= 0.6 is 0 Å². The van der Waals surface area contributed by atoms with Crippen LogP contribution in [0.4, 0.5) is 0 Å². The summed E-state index contributed by atoms with van der Waals surface area (Å²) in [5, 5.41) is 1.43. The van der Waals surface area contributed by atoms with Gasteiger partial charge >= 0.3 is 0 Å². The van der Waals surface area contributed by atoms with E-state index in [1.165, 1.54) is 0 Å². The number of hydrogen-bond acceptors (Lipinski definition) is 3. The molecule has 5 rings (SSSR count). The zero-order valence-electron chi connectivity index (χ0n) is 16.7. The molecule has 0 fully saturated rings. The van der Waals surface area contributed by atoms with Gasteiger partial charge in [0.2, 0.25) is 5.78 Å². The molecule has 31 heavy (non-hydrogen) atoms. The molecule has 5 nitrogen and oxygen atoms in total. The topological polar surface area (TPSA) is 64.3 Å². The molecule has 0 bridgehead atoms. The number of imidazole rings is 1. The molecule has 4 aromatic rings. The Kier molecular flexibility index (Phi) is 4.84. The summed E-state index contributed by atoms with van der Waals surface area (Å²) in [4.78, 5) is 33.9. The van der Waals surface area contributed by atoms with Crippen molar-refractivity contribution >= 4 is 17.3 Å². The molecule has 2 heterocycles. The highest BCUT2D eigenvalue weighted by Gasteiger charge is 2.18. The van der Waals surface area contributed by atoms with Crippen molar-refractivity contribution in [3.8, 4) is 0 Å². The van der Waals surface area contributed by atoms with Crippen molar-refractivity contribution in [2.45, 2.75) is 13.0 Å². The predicted octanol–water partition coefficient (Wildman–Crippen LogP) is 2.91. The number of ketones is 1. The highest BCUT2D eigenvalue weighted by atomic mass is 16.1. The molecule has 1 aliphatic heterocycles. The van der Waals surface area contributed by atoms with Crippen LogP contribution in [0.15, 0.2) is 96.4 Å². The second-order valence-corrected chi connectivity index (χ2v) is 7.48. The molecule has 1 amide bonds. The van der Waals surface area contributed by atoms with Crippen molar-refractivity contribution in [1.29, 1.82) is 0 Å². The summed E-state index contributed by atoms with van der Waals surface area (Å²) >= 11 is 0. The molecule has 5 heteroatoms. The SMILES string of the molecule is O=C1CC(c2ccccc2)=c2cc(C(=O)c3cncn3Cc3ccccc3)ccc2=N1. The van der Waals surface area contributed by atoms with Crippen LogP contribution in [0, 0.1) is 0 Å². The van der Waals surface area contributed by atoms with Gasteiger partial charge in [0.15, 0.2) is 0 Å². The Balaban J connectivity index is 1.58. The maximum Gasteiger partial charge on any atom is 0.250 e. The average molecular weight is 405 g/mol. The Hall–Kier alpha value is -4.12. The van der Waals surface area contributed by atoms with Gasteiger partial charge in [0.1, 0.15) is 5.69 Å². The third kappa shape index (κ3) is 3.73. The summed E-state index contributed by atoms with van der Waals surface area (Å²) < 4.78 is 1.85. The van der Waals surface area contributed by atoms with Crippen LogP contribution < -0.4 is 10.6 Å². The van der Waals surface area contributed by atoms with E-state index in [0.717, 1.165) is 21.9 Å².